The molecule has 2 N–H and O–H groups in total. The van der Waals surface area contributed by atoms with Crippen molar-refractivity contribution in [2.45, 2.75) is 26.3 Å². The van der Waals surface area contributed by atoms with E-state index in [2.05, 4.69) is 30.7 Å². The van der Waals surface area contributed by atoms with Crippen LogP contribution in [0.15, 0.2) is 46.9 Å². The molecule has 0 saturated carbocycles. The standard InChI is InChI=1S/C24H23N7O4/c1-13-9-19-18(11-16(13)23-30-27-14(2)35-23)31(3)24(33)17(12-34-19)25-22(32)21-26-20(28-29-21)10-15-7-5-4-6-8-15/h4-9,11,17H,10,12H2,1-3H3,(H,25,32)(H,26,28,29). The lowest BCUT2D eigenvalue weighted by Gasteiger charge is -2.20. The van der Waals surface area contributed by atoms with E-state index in [1.807, 2.05) is 43.3 Å². The van der Waals surface area contributed by atoms with Crippen LogP contribution < -0.4 is 15.0 Å². The first-order valence-corrected chi connectivity index (χ1v) is 11.0. The van der Waals surface area contributed by atoms with Crippen LogP contribution in [-0.4, -0.2) is 56.9 Å². The quantitative estimate of drug-likeness (QED) is 0.450. The van der Waals surface area contributed by atoms with Gasteiger partial charge < -0.3 is 24.4 Å². The molecule has 1 aliphatic heterocycles. The third kappa shape index (κ3) is 4.47. The molecule has 0 radical (unpaired) electrons. The van der Waals surface area contributed by atoms with Gasteiger partial charge in [0, 0.05) is 26.0 Å². The molecule has 0 fully saturated rings. The summed E-state index contributed by atoms with van der Waals surface area (Å²) in [6.07, 6.45) is 0.506. The number of carbonyl (C=O) groups excluding carboxylic acids is 2. The van der Waals surface area contributed by atoms with Crippen molar-refractivity contribution < 1.29 is 18.7 Å². The molecule has 0 aliphatic carbocycles. The molecule has 2 amide bonds. The molecule has 0 spiro atoms. The van der Waals surface area contributed by atoms with E-state index in [0.717, 1.165) is 11.1 Å². The topological polar surface area (TPSA) is 139 Å². The minimum atomic E-state index is -0.919. The number of ether oxygens (including phenoxy) is 1. The highest BCUT2D eigenvalue weighted by atomic mass is 16.5. The third-order valence-electron chi connectivity index (χ3n) is 5.73. The van der Waals surface area contributed by atoms with E-state index < -0.39 is 11.9 Å². The number of likely N-dealkylation sites (N-methyl/N-ethyl adjacent to an activating group) is 1. The molecule has 0 saturated heterocycles. The van der Waals surface area contributed by atoms with Gasteiger partial charge in [-0.25, -0.2) is 0 Å². The predicted octanol–water partition coefficient (Wildman–Crippen LogP) is 2.22. The van der Waals surface area contributed by atoms with Gasteiger partial charge in [-0.1, -0.05) is 30.3 Å². The van der Waals surface area contributed by atoms with Crippen molar-refractivity contribution in [3.8, 4) is 17.2 Å². The number of amides is 2. The maximum atomic E-state index is 13.2. The van der Waals surface area contributed by atoms with Crippen LogP contribution in [0.1, 0.15) is 33.5 Å². The molecule has 1 atom stereocenters. The molecule has 2 aromatic carbocycles. The second kappa shape index (κ2) is 9.01. The van der Waals surface area contributed by atoms with E-state index >= 15 is 0 Å². The van der Waals surface area contributed by atoms with Crippen molar-refractivity contribution in [2.75, 3.05) is 18.6 Å². The number of anilines is 1. The number of hydrogen-bond donors (Lipinski definition) is 2. The van der Waals surface area contributed by atoms with Crippen LogP contribution in [0.5, 0.6) is 5.75 Å². The predicted molar refractivity (Wildman–Crippen MR) is 125 cm³/mol. The second-order valence-corrected chi connectivity index (χ2v) is 8.28. The molecular formula is C24H23N7O4. The number of aryl methyl sites for hydroxylation is 2. The SMILES string of the molecule is Cc1nnc(-c2cc3c(cc2C)OCC(NC(=O)c2nnc(Cc4ccccc4)[nH]2)C(=O)N3C)o1. The lowest BCUT2D eigenvalue weighted by Crippen LogP contribution is -2.49. The minimum absolute atomic E-state index is 0.0260. The normalized spacial score (nSPS) is 15.3. The number of rotatable bonds is 5. The number of nitrogens with zero attached hydrogens (tertiary/aromatic N) is 5. The molecule has 3 heterocycles. The first-order chi connectivity index (χ1) is 16.9. The average Bonchev–Trinajstić information content (AvgIpc) is 3.48. The number of fused-ring (bicyclic) bond motifs is 1. The Morgan fingerprint density at radius 1 is 1.14 bits per heavy atom. The molecule has 35 heavy (non-hydrogen) atoms. The highest BCUT2D eigenvalue weighted by molar-refractivity contribution is 6.02. The zero-order valence-corrected chi connectivity index (χ0v) is 19.4. The van der Waals surface area contributed by atoms with E-state index in [1.54, 1.807) is 20.0 Å². The Bertz CT molecular complexity index is 1400. The van der Waals surface area contributed by atoms with Gasteiger partial charge in [-0.2, -0.15) is 0 Å². The van der Waals surface area contributed by atoms with Gasteiger partial charge in [-0.3, -0.25) is 9.59 Å². The van der Waals surface area contributed by atoms with Crippen LogP contribution in [0, 0.1) is 13.8 Å². The molecule has 4 aromatic rings. The maximum Gasteiger partial charge on any atom is 0.289 e. The van der Waals surface area contributed by atoms with Crippen molar-refractivity contribution >= 4 is 17.5 Å². The summed E-state index contributed by atoms with van der Waals surface area (Å²) in [6, 6.07) is 12.4. The number of aromatic nitrogens is 5. The summed E-state index contributed by atoms with van der Waals surface area (Å²) in [5.74, 6) is 1.01. The van der Waals surface area contributed by atoms with Crippen molar-refractivity contribution in [3.05, 3.63) is 71.1 Å². The van der Waals surface area contributed by atoms with E-state index in [1.165, 1.54) is 4.90 Å². The maximum absolute atomic E-state index is 13.2. The first-order valence-electron chi connectivity index (χ1n) is 11.0. The average molecular weight is 473 g/mol. The molecular weight excluding hydrogens is 450 g/mol. The molecule has 5 rings (SSSR count). The van der Waals surface area contributed by atoms with Crippen molar-refractivity contribution in [1.82, 2.24) is 30.7 Å². The minimum Gasteiger partial charge on any atom is -0.489 e. The summed E-state index contributed by atoms with van der Waals surface area (Å²) < 4.78 is 11.5. The van der Waals surface area contributed by atoms with Gasteiger partial charge in [0.15, 0.2) is 0 Å². The van der Waals surface area contributed by atoms with Crippen LogP contribution in [0.4, 0.5) is 5.69 Å². The van der Waals surface area contributed by atoms with E-state index in [9.17, 15) is 9.59 Å². The van der Waals surface area contributed by atoms with Gasteiger partial charge in [0.1, 0.15) is 24.2 Å². The van der Waals surface area contributed by atoms with E-state index in [0.29, 0.717) is 41.0 Å². The number of aromatic amines is 1. The number of carbonyl (C=O) groups is 2. The fourth-order valence-corrected chi connectivity index (χ4v) is 3.88. The highest BCUT2D eigenvalue weighted by Crippen LogP contribution is 2.37. The fraction of sp³-hybridized carbons (Fsp3) is 0.250. The zero-order chi connectivity index (χ0) is 24.5. The largest absolute Gasteiger partial charge is 0.489 e. The molecule has 1 unspecified atom stereocenters. The van der Waals surface area contributed by atoms with Gasteiger partial charge >= 0.3 is 0 Å². The Labute approximate surface area is 200 Å². The zero-order valence-electron chi connectivity index (χ0n) is 19.4. The smallest absolute Gasteiger partial charge is 0.289 e. The third-order valence-corrected chi connectivity index (χ3v) is 5.73. The Kier molecular flexibility index (Phi) is 5.73. The van der Waals surface area contributed by atoms with E-state index in [-0.39, 0.29) is 18.3 Å². The summed E-state index contributed by atoms with van der Waals surface area (Å²) in [5, 5.41) is 18.6. The number of benzene rings is 2. The van der Waals surface area contributed by atoms with Crippen molar-refractivity contribution in [1.29, 1.82) is 0 Å². The summed E-state index contributed by atoms with van der Waals surface area (Å²) in [4.78, 5) is 30.4. The van der Waals surface area contributed by atoms with Crippen LogP contribution in [-0.2, 0) is 11.2 Å². The van der Waals surface area contributed by atoms with Crippen molar-refractivity contribution in [2.24, 2.45) is 0 Å². The Morgan fingerprint density at radius 2 is 1.94 bits per heavy atom. The lowest BCUT2D eigenvalue weighted by atomic mass is 10.1. The summed E-state index contributed by atoms with van der Waals surface area (Å²) in [7, 11) is 1.62. The van der Waals surface area contributed by atoms with Gasteiger partial charge in [-0.05, 0) is 30.2 Å². The van der Waals surface area contributed by atoms with Crippen LogP contribution in [0.25, 0.3) is 11.5 Å². The van der Waals surface area contributed by atoms with E-state index in [4.69, 9.17) is 9.15 Å². The highest BCUT2D eigenvalue weighted by Gasteiger charge is 2.32. The second-order valence-electron chi connectivity index (χ2n) is 8.28. The van der Waals surface area contributed by atoms with Gasteiger partial charge in [0.05, 0.1) is 5.69 Å². The monoisotopic (exact) mass is 473 g/mol. The first kappa shape index (κ1) is 22.3. The van der Waals surface area contributed by atoms with Gasteiger partial charge in [0.2, 0.25) is 17.6 Å². The number of H-pyrrole nitrogens is 1. The number of hydrogen-bond acceptors (Lipinski definition) is 8. The Morgan fingerprint density at radius 3 is 2.69 bits per heavy atom. The molecule has 11 heteroatoms. The van der Waals surface area contributed by atoms with Gasteiger partial charge in [0.25, 0.3) is 11.8 Å². The summed E-state index contributed by atoms with van der Waals surface area (Å²) in [6.45, 7) is 3.56. The van der Waals surface area contributed by atoms with Crippen LogP contribution in [0.3, 0.4) is 0 Å². The summed E-state index contributed by atoms with van der Waals surface area (Å²) >= 11 is 0. The lowest BCUT2D eigenvalue weighted by molar-refractivity contribution is -0.120. The molecule has 2 aromatic heterocycles. The molecule has 11 nitrogen and oxygen atoms in total. The Balaban J connectivity index is 1.32. The molecule has 1 aliphatic rings. The molecule has 0 bridgehead atoms. The molecule has 178 valence electrons. The van der Waals surface area contributed by atoms with Crippen LogP contribution >= 0.6 is 0 Å². The van der Waals surface area contributed by atoms with Crippen molar-refractivity contribution in [3.63, 3.8) is 0 Å². The number of nitrogens with one attached hydrogen (secondary N) is 2. The Hall–Kier alpha value is -4.54. The summed E-state index contributed by atoms with van der Waals surface area (Å²) in [5.41, 5.74) is 3.12. The van der Waals surface area contributed by atoms with Crippen LogP contribution in [0.2, 0.25) is 0 Å². The fourth-order valence-electron chi connectivity index (χ4n) is 3.88. The van der Waals surface area contributed by atoms with Gasteiger partial charge in [-0.15, -0.1) is 20.4 Å².